The van der Waals surface area contributed by atoms with Crippen LogP contribution in [0.1, 0.15) is 12.5 Å². The van der Waals surface area contributed by atoms with E-state index in [1.54, 1.807) is 26.3 Å². The number of aliphatic carboxylic acids is 1. The first-order chi connectivity index (χ1) is 8.13. The number of hydrogen-bond donors (Lipinski definition) is 2. The lowest BCUT2D eigenvalue weighted by Crippen LogP contribution is -2.14. The smallest absolute Gasteiger partial charge is 0.330 e. The maximum absolute atomic E-state index is 10.5. The van der Waals surface area contributed by atoms with E-state index in [4.69, 9.17) is 9.84 Å². The first-order valence-electron chi connectivity index (χ1n) is 5.23. The zero-order valence-corrected chi connectivity index (χ0v) is 9.93. The Labute approximate surface area is 100 Å². The lowest BCUT2D eigenvalue weighted by molar-refractivity contribution is -0.132. The van der Waals surface area contributed by atoms with E-state index in [0.717, 1.165) is 5.56 Å². The van der Waals surface area contributed by atoms with E-state index in [1.165, 1.54) is 0 Å². The lowest BCUT2D eigenvalue weighted by atomic mass is 10.2. The molecule has 0 fully saturated rings. The molecule has 0 aliphatic rings. The van der Waals surface area contributed by atoms with Crippen LogP contribution in [0.25, 0.3) is 0 Å². The summed E-state index contributed by atoms with van der Waals surface area (Å²) >= 11 is 0. The molecule has 0 unspecified atom stereocenters. The van der Waals surface area contributed by atoms with Gasteiger partial charge in [-0.25, -0.2) is 9.78 Å². The summed E-state index contributed by atoms with van der Waals surface area (Å²) in [7, 11) is 1.57. The van der Waals surface area contributed by atoms with Crippen LogP contribution in [0.4, 0.5) is 0 Å². The van der Waals surface area contributed by atoms with Crippen LogP contribution in [0.3, 0.4) is 0 Å². The summed E-state index contributed by atoms with van der Waals surface area (Å²) in [5.41, 5.74) is 1.38. The van der Waals surface area contributed by atoms with Crippen molar-refractivity contribution in [3.8, 4) is 5.88 Å². The molecule has 17 heavy (non-hydrogen) atoms. The van der Waals surface area contributed by atoms with Crippen LogP contribution in [0.5, 0.6) is 5.88 Å². The first kappa shape index (κ1) is 13.2. The molecule has 1 aromatic heterocycles. The Hall–Kier alpha value is -1.88. The standard InChI is InChI=1S/C12H16N2O3/c1-9(12(15)16)3-5-13-8-10-4-6-14-11(7-10)17-2/h3-4,6-7,13H,5,8H2,1-2H3,(H,15,16)/b9-3-. The molecule has 0 aliphatic heterocycles. The van der Waals surface area contributed by atoms with Crippen LogP contribution < -0.4 is 10.1 Å². The van der Waals surface area contributed by atoms with Crippen LogP contribution in [0.2, 0.25) is 0 Å². The minimum Gasteiger partial charge on any atom is -0.481 e. The van der Waals surface area contributed by atoms with E-state index in [0.29, 0.717) is 24.5 Å². The zero-order chi connectivity index (χ0) is 12.7. The van der Waals surface area contributed by atoms with Crippen molar-refractivity contribution >= 4 is 5.97 Å². The van der Waals surface area contributed by atoms with Gasteiger partial charge in [0.1, 0.15) is 0 Å². The summed E-state index contributed by atoms with van der Waals surface area (Å²) in [6, 6.07) is 3.71. The highest BCUT2D eigenvalue weighted by Crippen LogP contribution is 2.07. The van der Waals surface area contributed by atoms with E-state index in [2.05, 4.69) is 10.3 Å². The lowest BCUT2D eigenvalue weighted by Gasteiger charge is -2.04. The van der Waals surface area contributed by atoms with Crippen LogP contribution >= 0.6 is 0 Å². The molecule has 5 nitrogen and oxygen atoms in total. The number of pyridine rings is 1. The van der Waals surface area contributed by atoms with Gasteiger partial charge in [-0.3, -0.25) is 0 Å². The summed E-state index contributed by atoms with van der Waals surface area (Å²) in [6.45, 7) is 2.73. The molecule has 5 heteroatoms. The van der Waals surface area contributed by atoms with E-state index in [-0.39, 0.29) is 0 Å². The molecule has 0 saturated carbocycles. The Morgan fingerprint density at radius 1 is 1.65 bits per heavy atom. The number of nitrogens with one attached hydrogen (secondary N) is 1. The summed E-state index contributed by atoms with van der Waals surface area (Å²) in [5.74, 6) is -0.320. The normalized spacial score (nSPS) is 11.3. The van der Waals surface area contributed by atoms with Crippen molar-refractivity contribution in [1.82, 2.24) is 10.3 Å². The monoisotopic (exact) mass is 236 g/mol. The highest BCUT2D eigenvalue weighted by molar-refractivity contribution is 5.85. The molecule has 0 spiro atoms. The zero-order valence-electron chi connectivity index (χ0n) is 9.93. The highest BCUT2D eigenvalue weighted by Gasteiger charge is 1.98. The molecule has 2 N–H and O–H groups in total. The van der Waals surface area contributed by atoms with Gasteiger partial charge in [-0.1, -0.05) is 6.08 Å². The average Bonchev–Trinajstić information content (AvgIpc) is 2.34. The fourth-order valence-electron chi connectivity index (χ4n) is 1.20. The molecule has 0 radical (unpaired) electrons. The largest absolute Gasteiger partial charge is 0.481 e. The molecule has 1 aromatic rings. The fourth-order valence-corrected chi connectivity index (χ4v) is 1.20. The summed E-state index contributed by atoms with van der Waals surface area (Å²) in [4.78, 5) is 14.5. The molecule has 0 aliphatic carbocycles. The number of carboxylic acid groups (broad SMARTS) is 1. The fraction of sp³-hybridized carbons (Fsp3) is 0.333. The Bertz CT molecular complexity index is 416. The molecule has 0 atom stereocenters. The maximum atomic E-state index is 10.5. The minimum absolute atomic E-state index is 0.338. The average molecular weight is 236 g/mol. The van der Waals surface area contributed by atoms with Gasteiger partial charge in [-0.2, -0.15) is 0 Å². The van der Waals surface area contributed by atoms with Crippen molar-refractivity contribution in [1.29, 1.82) is 0 Å². The van der Waals surface area contributed by atoms with Crippen molar-refractivity contribution in [3.63, 3.8) is 0 Å². The van der Waals surface area contributed by atoms with Crippen molar-refractivity contribution in [2.24, 2.45) is 0 Å². The second kappa shape index (κ2) is 6.65. The molecule has 92 valence electrons. The van der Waals surface area contributed by atoms with Crippen LogP contribution in [-0.4, -0.2) is 29.7 Å². The summed E-state index contributed by atoms with van der Waals surface area (Å²) in [6.07, 6.45) is 3.31. The molecule has 0 amide bonds. The van der Waals surface area contributed by atoms with Crippen LogP contribution in [-0.2, 0) is 11.3 Å². The van der Waals surface area contributed by atoms with Crippen LogP contribution in [0, 0.1) is 0 Å². The van der Waals surface area contributed by atoms with E-state index in [1.807, 2.05) is 12.1 Å². The second-order valence-electron chi connectivity index (χ2n) is 3.53. The van der Waals surface area contributed by atoms with Gasteiger partial charge in [0.15, 0.2) is 0 Å². The molecule has 1 rings (SSSR count). The molecule has 0 aromatic carbocycles. The third-order valence-electron chi connectivity index (χ3n) is 2.23. The van der Waals surface area contributed by atoms with E-state index in [9.17, 15) is 4.79 Å². The third kappa shape index (κ3) is 4.65. The van der Waals surface area contributed by atoms with Crippen molar-refractivity contribution in [2.75, 3.05) is 13.7 Å². The number of hydrogen-bond acceptors (Lipinski definition) is 4. The van der Waals surface area contributed by atoms with Gasteiger partial charge in [-0.05, 0) is 18.6 Å². The minimum atomic E-state index is -0.891. The molecular formula is C12H16N2O3. The topological polar surface area (TPSA) is 71.5 Å². The van der Waals surface area contributed by atoms with Crippen molar-refractivity contribution < 1.29 is 14.6 Å². The third-order valence-corrected chi connectivity index (χ3v) is 2.23. The Kier molecular flexibility index (Phi) is 5.16. The number of carboxylic acids is 1. The van der Waals surface area contributed by atoms with E-state index >= 15 is 0 Å². The highest BCUT2D eigenvalue weighted by atomic mass is 16.5. The molecule has 1 heterocycles. The number of rotatable bonds is 6. The first-order valence-corrected chi connectivity index (χ1v) is 5.23. The Morgan fingerprint density at radius 2 is 2.41 bits per heavy atom. The summed E-state index contributed by atoms with van der Waals surface area (Å²) < 4.78 is 5.00. The van der Waals surface area contributed by atoms with Gasteiger partial charge < -0.3 is 15.2 Å². The number of carbonyl (C=O) groups is 1. The van der Waals surface area contributed by atoms with Gasteiger partial charge >= 0.3 is 5.97 Å². The number of ether oxygens (including phenoxy) is 1. The quantitative estimate of drug-likeness (QED) is 0.574. The van der Waals surface area contributed by atoms with Gasteiger partial charge in [0.25, 0.3) is 0 Å². The predicted molar refractivity (Wildman–Crippen MR) is 63.9 cm³/mol. The van der Waals surface area contributed by atoms with Crippen LogP contribution in [0.15, 0.2) is 30.0 Å². The number of aromatic nitrogens is 1. The second-order valence-corrected chi connectivity index (χ2v) is 3.53. The van der Waals surface area contributed by atoms with Crippen molar-refractivity contribution in [3.05, 3.63) is 35.5 Å². The van der Waals surface area contributed by atoms with Gasteiger partial charge in [0.2, 0.25) is 5.88 Å². The van der Waals surface area contributed by atoms with E-state index < -0.39 is 5.97 Å². The maximum Gasteiger partial charge on any atom is 0.330 e. The SMILES string of the molecule is COc1cc(CNC/C=C(/C)C(=O)O)ccn1. The molecular weight excluding hydrogens is 220 g/mol. The predicted octanol–water partition coefficient (Wildman–Crippen LogP) is 1.21. The number of methoxy groups -OCH3 is 1. The van der Waals surface area contributed by atoms with Gasteiger partial charge in [-0.15, -0.1) is 0 Å². The van der Waals surface area contributed by atoms with Gasteiger partial charge in [0, 0.05) is 30.9 Å². The molecule has 0 bridgehead atoms. The Balaban J connectivity index is 2.40. The van der Waals surface area contributed by atoms with Crippen molar-refractivity contribution in [2.45, 2.75) is 13.5 Å². The van der Waals surface area contributed by atoms with Gasteiger partial charge in [0.05, 0.1) is 7.11 Å². The molecule has 0 saturated heterocycles. The Morgan fingerprint density at radius 3 is 3.06 bits per heavy atom. The number of nitrogens with zero attached hydrogens (tertiary/aromatic N) is 1. The summed E-state index contributed by atoms with van der Waals surface area (Å²) in [5, 5.41) is 11.8.